The first kappa shape index (κ1) is 32.6. The van der Waals surface area contributed by atoms with Crippen molar-refractivity contribution in [2.24, 2.45) is 0 Å². The first-order valence-electron chi connectivity index (χ1n) is 14.9. The Labute approximate surface area is 258 Å². The molecular weight excluding hydrogens is 556 g/mol. The summed E-state index contributed by atoms with van der Waals surface area (Å²) in [5, 5.41) is 39.6. The number of carboxylic acid groups (broad SMARTS) is 1. The zero-order valence-corrected chi connectivity index (χ0v) is 25.4. The van der Waals surface area contributed by atoms with Gasteiger partial charge in [-0.05, 0) is 56.9 Å². The second kappa shape index (κ2) is 14.9. The lowest BCUT2D eigenvalue weighted by Crippen LogP contribution is -2.58. The molecule has 9 heteroatoms. The Balaban J connectivity index is 1.46. The van der Waals surface area contributed by atoms with E-state index in [-0.39, 0.29) is 18.8 Å². The van der Waals surface area contributed by atoms with Crippen LogP contribution in [0.1, 0.15) is 42.4 Å². The lowest BCUT2D eigenvalue weighted by molar-refractivity contribution is 0.00634. The number of aromatic nitrogens is 1. The molecular formula is C35H42N4O5. The summed E-state index contributed by atoms with van der Waals surface area (Å²) in [7, 11) is 0. The lowest BCUT2D eigenvalue weighted by atomic mass is 9.94. The largest absolute Gasteiger partial charge is 0.465 e. The fourth-order valence-electron chi connectivity index (χ4n) is 5.42. The van der Waals surface area contributed by atoms with Crippen LogP contribution in [-0.4, -0.2) is 80.1 Å². The van der Waals surface area contributed by atoms with Crippen molar-refractivity contribution in [1.82, 2.24) is 20.5 Å². The third-order valence-corrected chi connectivity index (χ3v) is 7.61. The summed E-state index contributed by atoms with van der Waals surface area (Å²) in [6.07, 6.45) is -2.51. The van der Waals surface area contributed by atoms with E-state index in [1.807, 2.05) is 91.0 Å². The molecule has 0 saturated carbocycles. The van der Waals surface area contributed by atoms with Crippen molar-refractivity contribution in [3.63, 3.8) is 0 Å². The maximum Gasteiger partial charge on any atom is 0.408 e. The van der Waals surface area contributed by atoms with Crippen LogP contribution in [0, 0.1) is 0 Å². The minimum Gasteiger partial charge on any atom is -0.465 e. The molecule has 3 aromatic carbocycles. The van der Waals surface area contributed by atoms with Crippen LogP contribution in [0.15, 0.2) is 97.1 Å². The van der Waals surface area contributed by atoms with Crippen LogP contribution >= 0.6 is 0 Å². The van der Waals surface area contributed by atoms with Gasteiger partial charge in [0.15, 0.2) is 0 Å². The number of para-hydroxylation sites is 1. The molecule has 4 atom stereocenters. The fourth-order valence-corrected chi connectivity index (χ4v) is 5.42. The van der Waals surface area contributed by atoms with E-state index in [4.69, 9.17) is 0 Å². The van der Waals surface area contributed by atoms with Crippen LogP contribution in [-0.2, 0) is 12.8 Å². The van der Waals surface area contributed by atoms with Gasteiger partial charge in [0.1, 0.15) is 5.69 Å². The predicted octanol–water partition coefficient (Wildman–Crippen LogP) is 4.28. The Morgan fingerprint density at radius 2 is 1.34 bits per heavy atom. The third kappa shape index (κ3) is 8.86. The monoisotopic (exact) mass is 598 g/mol. The van der Waals surface area contributed by atoms with Crippen LogP contribution in [0.25, 0.3) is 10.9 Å². The van der Waals surface area contributed by atoms with Gasteiger partial charge < -0.3 is 26.0 Å². The first-order valence-corrected chi connectivity index (χ1v) is 14.9. The molecule has 4 rings (SSSR count). The zero-order valence-electron chi connectivity index (χ0n) is 25.4. The first-order chi connectivity index (χ1) is 21.0. The number of aliphatic hydroxyl groups is 2. The van der Waals surface area contributed by atoms with Crippen molar-refractivity contribution in [1.29, 1.82) is 0 Å². The summed E-state index contributed by atoms with van der Waals surface area (Å²) in [6, 6.07) is 28.7. The molecule has 0 radical (unpaired) electrons. The zero-order chi connectivity index (χ0) is 31.7. The van der Waals surface area contributed by atoms with Gasteiger partial charge in [0.2, 0.25) is 0 Å². The highest BCUT2D eigenvalue weighted by molar-refractivity contribution is 5.95. The lowest BCUT2D eigenvalue weighted by Gasteiger charge is -2.42. The number of carbonyl (C=O) groups excluding carboxylic acids is 1. The van der Waals surface area contributed by atoms with E-state index >= 15 is 0 Å². The quantitative estimate of drug-likeness (QED) is 0.155. The molecule has 0 spiro atoms. The number of nitrogens with zero attached hydrogens (tertiary/aromatic N) is 2. The number of pyridine rings is 1. The maximum atomic E-state index is 13.3. The van der Waals surface area contributed by atoms with Crippen molar-refractivity contribution in [3.8, 4) is 0 Å². The van der Waals surface area contributed by atoms with E-state index in [2.05, 4.69) is 15.6 Å². The van der Waals surface area contributed by atoms with Crippen LogP contribution in [0.4, 0.5) is 4.79 Å². The molecule has 0 unspecified atom stereocenters. The highest BCUT2D eigenvalue weighted by atomic mass is 16.4. The van der Waals surface area contributed by atoms with E-state index in [1.165, 1.54) is 4.90 Å². The van der Waals surface area contributed by atoms with Gasteiger partial charge in [-0.3, -0.25) is 9.69 Å². The number of benzene rings is 3. The van der Waals surface area contributed by atoms with Crippen LogP contribution in [0.2, 0.25) is 0 Å². The SMILES string of the molecule is CC(C)(C)N(C(=O)O)[C@@H](Cc1ccccc1)[C@H](O)CNC[C@@H](O)[C@H](Cc1ccccc1)NC(=O)c1ccc2ccccc2n1. The number of hydrogen-bond acceptors (Lipinski definition) is 6. The van der Waals surface area contributed by atoms with Crippen molar-refractivity contribution in [3.05, 3.63) is 114 Å². The summed E-state index contributed by atoms with van der Waals surface area (Å²) >= 11 is 0. The highest BCUT2D eigenvalue weighted by Gasteiger charge is 2.37. The Morgan fingerprint density at radius 1 is 0.773 bits per heavy atom. The molecule has 0 aliphatic heterocycles. The van der Waals surface area contributed by atoms with Crippen LogP contribution in [0.3, 0.4) is 0 Å². The van der Waals surface area contributed by atoms with E-state index < -0.39 is 41.8 Å². The standard InChI is InChI=1S/C35H42N4O5/c1-35(2,3)39(34(43)44)30(21-25-14-8-5-9-15-25)32(41)23-36-22-31(40)29(20-24-12-6-4-7-13-24)38-33(42)28-19-18-26-16-10-11-17-27(26)37-28/h4-19,29-32,36,40-41H,20-23H2,1-3H3,(H,38,42)(H,43,44)/t29-,30-,31+,32+/m0/s1. The topological polar surface area (TPSA) is 135 Å². The van der Waals surface area contributed by atoms with Gasteiger partial charge in [0.25, 0.3) is 5.91 Å². The van der Waals surface area contributed by atoms with Gasteiger partial charge in [-0.15, -0.1) is 0 Å². The third-order valence-electron chi connectivity index (χ3n) is 7.61. The molecule has 232 valence electrons. The van der Waals surface area contributed by atoms with Crippen LogP contribution < -0.4 is 10.6 Å². The van der Waals surface area contributed by atoms with Gasteiger partial charge in [-0.2, -0.15) is 0 Å². The molecule has 1 aromatic heterocycles. The summed E-state index contributed by atoms with van der Waals surface area (Å²) in [5.74, 6) is -0.402. The molecule has 44 heavy (non-hydrogen) atoms. The maximum absolute atomic E-state index is 13.3. The molecule has 0 bridgehead atoms. The van der Waals surface area contributed by atoms with E-state index in [0.29, 0.717) is 18.4 Å². The number of fused-ring (bicyclic) bond motifs is 1. The van der Waals surface area contributed by atoms with E-state index in [9.17, 15) is 24.9 Å². The molecule has 4 aromatic rings. The number of hydrogen-bond donors (Lipinski definition) is 5. The molecule has 0 aliphatic rings. The van der Waals surface area contributed by atoms with E-state index in [0.717, 1.165) is 16.5 Å². The second-order valence-electron chi connectivity index (χ2n) is 12.0. The molecule has 2 amide bonds. The number of carbonyl (C=O) groups is 2. The number of rotatable bonds is 13. The number of amides is 2. The average Bonchev–Trinajstić information content (AvgIpc) is 3.00. The van der Waals surface area contributed by atoms with Gasteiger partial charge in [-0.1, -0.05) is 84.9 Å². The summed E-state index contributed by atoms with van der Waals surface area (Å²) in [6.45, 7) is 5.48. The van der Waals surface area contributed by atoms with Crippen LogP contribution in [0.5, 0.6) is 0 Å². The van der Waals surface area contributed by atoms with Gasteiger partial charge >= 0.3 is 6.09 Å². The molecule has 9 nitrogen and oxygen atoms in total. The summed E-state index contributed by atoms with van der Waals surface area (Å²) in [4.78, 5) is 31.4. The normalized spacial score (nSPS) is 14.4. The molecule has 5 N–H and O–H groups in total. The smallest absolute Gasteiger partial charge is 0.408 e. The van der Waals surface area contributed by atoms with E-state index in [1.54, 1.807) is 26.8 Å². The predicted molar refractivity (Wildman–Crippen MR) is 172 cm³/mol. The average molecular weight is 599 g/mol. The molecule has 0 saturated heterocycles. The summed E-state index contributed by atoms with van der Waals surface area (Å²) < 4.78 is 0. The Bertz CT molecular complexity index is 1510. The number of aliphatic hydroxyl groups excluding tert-OH is 2. The Kier molecular flexibility index (Phi) is 11.1. The molecule has 0 aliphatic carbocycles. The second-order valence-corrected chi connectivity index (χ2v) is 12.0. The summed E-state index contributed by atoms with van der Waals surface area (Å²) in [5.41, 5.74) is 2.03. The van der Waals surface area contributed by atoms with Crippen molar-refractivity contribution >= 4 is 22.9 Å². The number of nitrogens with one attached hydrogen (secondary N) is 2. The van der Waals surface area contributed by atoms with Gasteiger partial charge in [-0.25, -0.2) is 9.78 Å². The van der Waals surface area contributed by atoms with Crippen molar-refractivity contribution < 1.29 is 24.9 Å². The van der Waals surface area contributed by atoms with Crippen molar-refractivity contribution in [2.75, 3.05) is 13.1 Å². The van der Waals surface area contributed by atoms with Crippen molar-refractivity contribution in [2.45, 2.75) is 63.4 Å². The Hall–Kier alpha value is -4.31. The van der Waals surface area contributed by atoms with Gasteiger partial charge in [0.05, 0.1) is 29.8 Å². The molecule has 0 fully saturated rings. The minimum atomic E-state index is -1.12. The minimum absolute atomic E-state index is 0.0344. The van der Waals surface area contributed by atoms with Gasteiger partial charge in [0, 0.05) is 24.0 Å². The fraction of sp³-hybridized carbons (Fsp3) is 0.343. The Morgan fingerprint density at radius 3 is 1.95 bits per heavy atom. The molecule has 1 heterocycles. The highest BCUT2D eigenvalue weighted by Crippen LogP contribution is 2.23.